The number of aliphatic hydroxyl groups is 1. The molecule has 2 N–H and O–H groups in total. The predicted octanol–water partition coefficient (Wildman–Crippen LogP) is 2.27. The van der Waals surface area contributed by atoms with Crippen LogP contribution < -0.4 is 10.1 Å². The van der Waals surface area contributed by atoms with Crippen LogP contribution in [-0.4, -0.2) is 47.9 Å². The standard InChI is InChI=1S/C15H21ClN2O3/c1-11(21-14-7-3-2-6-13(14)16)9-17-15(20)18-8-4-5-12(18)10-19/h2-3,6-7,11-12,19H,4-5,8-10H2,1H3,(H,17,20)/t11?,12-/m0/s1. The van der Waals surface area contributed by atoms with Crippen molar-refractivity contribution in [1.82, 2.24) is 10.2 Å². The van der Waals surface area contributed by atoms with Crippen LogP contribution in [0.15, 0.2) is 24.3 Å². The van der Waals surface area contributed by atoms with E-state index in [0.717, 1.165) is 12.8 Å². The van der Waals surface area contributed by atoms with Crippen LogP contribution in [0.1, 0.15) is 19.8 Å². The maximum atomic E-state index is 12.1. The molecule has 1 aromatic rings. The molecule has 1 saturated heterocycles. The Bertz CT molecular complexity index is 484. The molecule has 1 unspecified atom stereocenters. The first-order valence-corrected chi connectivity index (χ1v) is 7.56. The highest BCUT2D eigenvalue weighted by molar-refractivity contribution is 6.32. The summed E-state index contributed by atoms with van der Waals surface area (Å²) in [6.45, 7) is 2.96. The third kappa shape index (κ3) is 4.25. The number of carbonyl (C=O) groups excluding carboxylic acids is 1. The molecule has 2 rings (SSSR count). The number of nitrogens with one attached hydrogen (secondary N) is 1. The smallest absolute Gasteiger partial charge is 0.317 e. The third-order valence-corrected chi connectivity index (χ3v) is 3.87. The van der Waals surface area contributed by atoms with Crippen molar-refractivity contribution in [3.63, 3.8) is 0 Å². The van der Waals surface area contributed by atoms with Crippen LogP contribution in [0.5, 0.6) is 5.75 Å². The molecule has 0 bridgehead atoms. The summed E-state index contributed by atoms with van der Waals surface area (Å²) in [5, 5.41) is 12.6. The molecular formula is C15H21ClN2O3. The molecule has 0 aliphatic carbocycles. The fraction of sp³-hybridized carbons (Fsp3) is 0.533. The molecule has 1 heterocycles. The summed E-state index contributed by atoms with van der Waals surface area (Å²) in [4.78, 5) is 13.7. The average Bonchev–Trinajstić information content (AvgIpc) is 2.96. The second kappa shape index (κ2) is 7.52. The number of likely N-dealkylation sites (tertiary alicyclic amines) is 1. The largest absolute Gasteiger partial charge is 0.487 e. The number of para-hydroxylation sites is 1. The molecule has 6 heteroatoms. The van der Waals surface area contributed by atoms with Gasteiger partial charge < -0.3 is 20.1 Å². The highest BCUT2D eigenvalue weighted by Crippen LogP contribution is 2.24. The Morgan fingerprint density at radius 2 is 2.33 bits per heavy atom. The number of hydrogen-bond acceptors (Lipinski definition) is 3. The lowest BCUT2D eigenvalue weighted by molar-refractivity contribution is 0.151. The van der Waals surface area contributed by atoms with Gasteiger partial charge in [0.1, 0.15) is 11.9 Å². The number of ether oxygens (including phenoxy) is 1. The summed E-state index contributed by atoms with van der Waals surface area (Å²) in [5.74, 6) is 0.607. The predicted molar refractivity (Wildman–Crippen MR) is 81.8 cm³/mol. The van der Waals surface area contributed by atoms with Crippen molar-refractivity contribution >= 4 is 17.6 Å². The Balaban J connectivity index is 1.80. The van der Waals surface area contributed by atoms with Crippen LogP contribution in [0.4, 0.5) is 4.79 Å². The SMILES string of the molecule is CC(CNC(=O)N1CCC[C@H]1CO)Oc1ccccc1Cl. The average molecular weight is 313 g/mol. The summed E-state index contributed by atoms with van der Waals surface area (Å²) >= 11 is 6.02. The van der Waals surface area contributed by atoms with Crippen LogP contribution in [0.25, 0.3) is 0 Å². The van der Waals surface area contributed by atoms with E-state index in [-0.39, 0.29) is 24.8 Å². The zero-order valence-corrected chi connectivity index (χ0v) is 12.8. The van der Waals surface area contributed by atoms with Gasteiger partial charge in [-0.25, -0.2) is 4.79 Å². The Labute approximate surface area is 129 Å². The van der Waals surface area contributed by atoms with Crippen molar-refractivity contribution < 1.29 is 14.6 Å². The van der Waals surface area contributed by atoms with Crippen molar-refractivity contribution in [3.05, 3.63) is 29.3 Å². The molecular weight excluding hydrogens is 292 g/mol. The maximum absolute atomic E-state index is 12.1. The minimum Gasteiger partial charge on any atom is -0.487 e. The number of rotatable bonds is 5. The van der Waals surface area contributed by atoms with Gasteiger partial charge in [-0.15, -0.1) is 0 Å². The summed E-state index contributed by atoms with van der Waals surface area (Å²) < 4.78 is 5.70. The number of aliphatic hydroxyl groups excluding tert-OH is 1. The molecule has 2 atom stereocenters. The van der Waals surface area contributed by atoms with Crippen molar-refractivity contribution in [2.45, 2.75) is 31.9 Å². The lowest BCUT2D eigenvalue weighted by atomic mass is 10.2. The lowest BCUT2D eigenvalue weighted by Crippen LogP contribution is -2.46. The van der Waals surface area contributed by atoms with E-state index in [2.05, 4.69) is 5.32 Å². The number of amides is 2. The molecule has 2 amide bonds. The third-order valence-electron chi connectivity index (χ3n) is 3.55. The highest BCUT2D eigenvalue weighted by atomic mass is 35.5. The maximum Gasteiger partial charge on any atom is 0.317 e. The molecule has 0 saturated carbocycles. The van der Waals surface area contributed by atoms with Gasteiger partial charge in [0.25, 0.3) is 0 Å². The van der Waals surface area contributed by atoms with E-state index in [9.17, 15) is 9.90 Å². The van der Waals surface area contributed by atoms with Gasteiger partial charge in [-0.3, -0.25) is 0 Å². The van der Waals surface area contributed by atoms with E-state index in [1.54, 1.807) is 17.0 Å². The highest BCUT2D eigenvalue weighted by Gasteiger charge is 2.28. The molecule has 0 spiro atoms. The van der Waals surface area contributed by atoms with Crippen LogP contribution in [-0.2, 0) is 0 Å². The van der Waals surface area contributed by atoms with Crippen molar-refractivity contribution in [2.75, 3.05) is 19.7 Å². The van der Waals surface area contributed by atoms with Gasteiger partial charge >= 0.3 is 6.03 Å². The van der Waals surface area contributed by atoms with E-state index in [1.807, 2.05) is 19.1 Å². The van der Waals surface area contributed by atoms with Gasteiger partial charge in [0, 0.05) is 6.54 Å². The fourth-order valence-corrected chi connectivity index (χ4v) is 2.60. The summed E-state index contributed by atoms with van der Waals surface area (Å²) in [6, 6.07) is 7.03. The quantitative estimate of drug-likeness (QED) is 0.877. The number of halogens is 1. The molecule has 5 nitrogen and oxygen atoms in total. The first-order valence-electron chi connectivity index (χ1n) is 7.18. The Kier molecular flexibility index (Phi) is 5.70. The van der Waals surface area contributed by atoms with Crippen LogP contribution in [0.3, 0.4) is 0 Å². The van der Waals surface area contributed by atoms with Crippen LogP contribution in [0.2, 0.25) is 5.02 Å². The molecule has 1 aliphatic rings. The minimum atomic E-state index is -0.191. The molecule has 116 valence electrons. The van der Waals surface area contributed by atoms with E-state index in [4.69, 9.17) is 16.3 Å². The van der Waals surface area contributed by atoms with E-state index < -0.39 is 0 Å². The molecule has 0 radical (unpaired) electrons. The van der Waals surface area contributed by atoms with E-state index in [0.29, 0.717) is 23.9 Å². The van der Waals surface area contributed by atoms with Crippen LogP contribution >= 0.6 is 11.6 Å². The van der Waals surface area contributed by atoms with Crippen molar-refractivity contribution in [1.29, 1.82) is 0 Å². The topological polar surface area (TPSA) is 61.8 Å². The number of hydrogen-bond donors (Lipinski definition) is 2. The summed E-state index contributed by atoms with van der Waals surface area (Å²) in [6.07, 6.45) is 1.60. The lowest BCUT2D eigenvalue weighted by Gasteiger charge is -2.24. The van der Waals surface area contributed by atoms with Gasteiger partial charge in [-0.1, -0.05) is 23.7 Å². The second-order valence-corrected chi connectivity index (χ2v) is 5.62. The number of carbonyl (C=O) groups is 1. The van der Waals surface area contributed by atoms with Gasteiger partial charge in [0.15, 0.2) is 0 Å². The van der Waals surface area contributed by atoms with E-state index >= 15 is 0 Å². The summed E-state index contributed by atoms with van der Waals surface area (Å²) in [5.41, 5.74) is 0. The number of urea groups is 1. The van der Waals surface area contributed by atoms with Gasteiger partial charge in [-0.05, 0) is 31.9 Å². The van der Waals surface area contributed by atoms with Crippen LogP contribution in [0, 0.1) is 0 Å². The zero-order chi connectivity index (χ0) is 15.2. The molecule has 0 aromatic heterocycles. The van der Waals surface area contributed by atoms with E-state index in [1.165, 1.54) is 0 Å². The van der Waals surface area contributed by atoms with Crippen molar-refractivity contribution in [3.8, 4) is 5.75 Å². The first-order chi connectivity index (χ1) is 10.1. The molecule has 1 aromatic carbocycles. The normalized spacial score (nSPS) is 19.4. The summed E-state index contributed by atoms with van der Waals surface area (Å²) in [7, 11) is 0. The molecule has 1 fully saturated rings. The fourth-order valence-electron chi connectivity index (χ4n) is 2.42. The van der Waals surface area contributed by atoms with Gasteiger partial charge in [0.05, 0.1) is 24.2 Å². The Morgan fingerprint density at radius 3 is 3.05 bits per heavy atom. The molecule has 1 aliphatic heterocycles. The van der Waals surface area contributed by atoms with Crippen molar-refractivity contribution in [2.24, 2.45) is 0 Å². The second-order valence-electron chi connectivity index (χ2n) is 5.22. The number of benzene rings is 1. The Morgan fingerprint density at radius 1 is 1.57 bits per heavy atom. The zero-order valence-electron chi connectivity index (χ0n) is 12.1. The minimum absolute atomic E-state index is 0.0130. The molecule has 21 heavy (non-hydrogen) atoms. The monoisotopic (exact) mass is 312 g/mol. The Hall–Kier alpha value is -1.46. The van der Waals surface area contributed by atoms with Gasteiger partial charge in [-0.2, -0.15) is 0 Å². The van der Waals surface area contributed by atoms with Gasteiger partial charge in [0.2, 0.25) is 0 Å². The number of nitrogens with zero attached hydrogens (tertiary/aromatic N) is 1. The first kappa shape index (κ1) is 15.9.